The Balaban J connectivity index is 1.55. The summed E-state index contributed by atoms with van der Waals surface area (Å²) in [6.07, 6.45) is 1.13. The minimum atomic E-state index is -0.278. The lowest BCUT2D eigenvalue weighted by molar-refractivity contribution is -0.133. The summed E-state index contributed by atoms with van der Waals surface area (Å²) in [4.78, 5) is 27.7. The number of rotatable bonds is 5. The average Bonchev–Trinajstić information content (AvgIpc) is 3.13. The van der Waals surface area contributed by atoms with Gasteiger partial charge in [0.1, 0.15) is 5.75 Å². The molecule has 2 heterocycles. The smallest absolute Gasteiger partial charge is 0.224 e. The predicted octanol–water partition coefficient (Wildman–Crippen LogP) is 2.93. The van der Waals surface area contributed by atoms with Crippen LogP contribution in [0.15, 0.2) is 29.6 Å². The summed E-state index contributed by atoms with van der Waals surface area (Å²) in [5.41, 5.74) is 2.07. The molecule has 7 heteroatoms. The number of anilines is 1. The van der Waals surface area contributed by atoms with E-state index in [0.717, 1.165) is 6.42 Å². The normalized spacial score (nSPS) is 12.8. The van der Waals surface area contributed by atoms with Gasteiger partial charge in [0.2, 0.25) is 11.8 Å². The van der Waals surface area contributed by atoms with E-state index in [0.29, 0.717) is 30.1 Å². The van der Waals surface area contributed by atoms with E-state index in [1.165, 1.54) is 17.6 Å². The first-order chi connectivity index (χ1) is 12.6. The highest BCUT2D eigenvalue weighted by molar-refractivity contribution is 7.10. The van der Waals surface area contributed by atoms with E-state index in [1.54, 1.807) is 34.4 Å². The largest absolute Gasteiger partial charge is 0.495 e. The van der Waals surface area contributed by atoms with Crippen molar-refractivity contribution in [3.63, 3.8) is 0 Å². The van der Waals surface area contributed by atoms with Gasteiger partial charge >= 0.3 is 0 Å². The number of thiophene rings is 1. The first kappa shape index (κ1) is 18.0. The van der Waals surface area contributed by atoms with Crippen LogP contribution in [0.4, 0.5) is 5.69 Å². The van der Waals surface area contributed by atoms with Crippen molar-refractivity contribution in [2.75, 3.05) is 19.0 Å². The number of carbonyl (C=O) groups excluding carboxylic acids is 2. The van der Waals surface area contributed by atoms with E-state index in [-0.39, 0.29) is 24.7 Å². The summed E-state index contributed by atoms with van der Waals surface area (Å²) >= 11 is 1.73. The van der Waals surface area contributed by atoms with E-state index in [4.69, 9.17) is 10.00 Å². The molecule has 1 aromatic carbocycles. The third kappa shape index (κ3) is 4.03. The highest BCUT2D eigenvalue weighted by Gasteiger charge is 2.22. The first-order valence-corrected chi connectivity index (χ1v) is 9.19. The van der Waals surface area contributed by atoms with Gasteiger partial charge in [-0.3, -0.25) is 9.59 Å². The Hall–Kier alpha value is -2.85. The summed E-state index contributed by atoms with van der Waals surface area (Å²) in [5, 5.41) is 13.8. The number of carbonyl (C=O) groups is 2. The highest BCUT2D eigenvalue weighted by Crippen LogP contribution is 2.26. The molecule has 1 N–H and O–H groups in total. The van der Waals surface area contributed by atoms with Crippen LogP contribution in [-0.2, 0) is 22.6 Å². The van der Waals surface area contributed by atoms with Gasteiger partial charge in [-0.2, -0.15) is 5.26 Å². The molecular weight excluding hydrogens is 350 g/mol. The minimum Gasteiger partial charge on any atom is -0.495 e. The average molecular weight is 369 g/mol. The zero-order chi connectivity index (χ0) is 18.5. The third-order valence-corrected chi connectivity index (χ3v) is 5.35. The van der Waals surface area contributed by atoms with Crippen molar-refractivity contribution >= 4 is 28.8 Å². The van der Waals surface area contributed by atoms with Crippen LogP contribution in [0.1, 0.15) is 28.8 Å². The van der Waals surface area contributed by atoms with Crippen LogP contribution in [-0.4, -0.2) is 30.4 Å². The molecule has 0 saturated carbocycles. The van der Waals surface area contributed by atoms with E-state index in [2.05, 4.69) is 16.8 Å². The molecule has 1 aliphatic rings. The first-order valence-electron chi connectivity index (χ1n) is 8.31. The van der Waals surface area contributed by atoms with Gasteiger partial charge in [0.15, 0.2) is 0 Å². The fourth-order valence-corrected chi connectivity index (χ4v) is 3.82. The molecule has 6 nitrogen and oxygen atoms in total. The molecule has 0 atom stereocenters. The molecule has 0 bridgehead atoms. The number of nitriles is 1. The molecule has 134 valence electrons. The predicted molar refractivity (Wildman–Crippen MR) is 99.0 cm³/mol. The minimum absolute atomic E-state index is 0.0188. The van der Waals surface area contributed by atoms with E-state index in [9.17, 15) is 9.59 Å². The highest BCUT2D eigenvalue weighted by atomic mass is 32.1. The van der Waals surface area contributed by atoms with Gasteiger partial charge < -0.3 is 15.0 Å². The topological polar surface area (TPSA) is 82.4 Å². The molecule has 26 heavy (non-hydrogen) atoms. The molecule has 0 fully saturated rings. The molecule has 0 saturated heterocycles. The zero-order valence-corrected chi connectivity index (χ0v) is 15.3. The van der Waals surface area contributed by atoms with Crippen LogP contribution >= 0.6 is 11.3 Å². The molecule has 1 aliphatic heterocycles. The summed E-state index contributed by atoms with van der Waals surface area (Å²) in [7, 11) is 1.50. The number of ether oxygens (including phenoxy) is 1. The van der Waals surface area contributed by atoms with E-state index in [1.807, 2.05) is 6.07 Å². The van der Waals surface area contributed by atoms with Gasteiger partial charge in [0.25, 0.3) is 0 Å². The number of hydrogen-bond donors (Lipinski definition) is 1. The quantitative estimate of drug-likeness (QED) is 0.878. The van der Waals surface area contributed by atoms with E-state index < -0.39 is 0 Å². The Bertz CT molecular complexity index is 869. The van der Waals surface area contributed by atoms with Crippen molar-refractivity contribution < 1.29 is 14.3 Å². The summed E-state index contributed by atoms with van der Waals surface area (Å²) in [6.45, 7) is 1.32. The third-order valence-electron chi connectivity index (χ3n) is 4.33. The lowest BCUT2D eigenvalue weighted by atomic mass is 10.1. The maximum Gasteiger partial charge on any atom is 0.224 e. The zero-order valence-electron chi connectivity index (χ0n) is 14.4. The molecule has 0 spiro atoms. The number of hydrogen-bond acceptors (Lipinski definition) is 5. The number of nitrogens with zero attached hydrogens (tertiary/aromatic N) is 2. The second-order valence-electron chi connectivity index (χ2n) is 6.01. The fraction of sp³-hybridized carbons (Fsp3) is 0.316. The Kier molecular flexibility index (Phi) is 5.54. The van der Waals surface area contributed by atoms with Crippen molar-refractivity contribution in [2.45, 2.75) is 25.8 Å². The molecule has 2 amide bonds. The molecule has 0 aliphatic carbocycles. The Morgan fingerprint density at radius 2 is 2.19 bits per heavy atom. The van der Waals surface area contributed by atoms with Crippen LogP contribution in [0.2, 0.25) is 0 Å². The Labute approximate surface area is 156 Å². The SMILES string of the molecule is COc1ccc(C#N)cc1NC(=O)CCC(=O)N1CCc2sccc2C1. The number of nitrogens with one attached hydrogen (secondary N) is 1. The summed E-state index contributed by atoms with van der Waals surface area (Å²) in [6, 6.07) is 8.89. The Morgan fingerprint density at radius 1 is 1.35 bits per heavy atom. The summed E-state index contributed by atoms with van der Waals surface area (Å²) < 4.78 is 5.19. The molecule has 0 unspecified atom stereocenters. The molecule has 0 radical (unpaired) electrons. The van der Waals surface area contributed by atoms with Crippen molar-refractivity contribution in [3.8, 4) is 11.8 Å². The lowest BCUT2D eigenvalue weighted by Crippen LogP contribution is -2.35. The number of methoxy groups -OCH3 is 1. The Morgan fingerprint density at radius 3 is 2.96 bits per heavy atom. The van der Waals surface area contributed by atoms with E-state index >= 15 is 0 Å². The van der Waals surface area contributed by atoms with Crippen LogP contribution in [0.3, 0.4) is 0 Å². The van der Waals surface area contributed by atoms with Crippen molar-refractivity contribution in [3.05, 3.63) is 45.6 Å². The monoisotopic (exact) mass is 369 g/mol. The maximum atomic E-state index is 12.4. The van der Waals surface area contributed by atoms with Crippen molar-refractivity contribution in [1.82, 2.24) is 4.90 Å². The summed E-state index contributed by atoms with van der Waals surface area (Å²) in [5.74, 6) is 0.180. The van der Waals surface area contributed by atoms with Crippen LogP contribution in [0.25, 0.3) is 0 Å². The van der Waals surface area contributed by atoms with Gasteiger partial charge in [-0.15, -0.1) is 11.3 Å². The van der Waals surface area contributed by atoms with Crippen LogP contribution in [0, 0.1) is 11.3 Å². The van der Waals surface area contributed by atoms with Gasteiger partial charge in [0.05, 0.1) is 24.4 Å². The van der Waals surface area contributed by atoms with Crippen LogP contribution in [0.5, 0.6) is 5.75 Å². The lowest BCUT2D eigenvalue weighted by Gasteiger charge is -2.27. The van der Waals surface area contributed by atoms with Gasteiger partial charge in [0, 0.05) is 30.8 Å². The van der Waals surface area contributed by atoms with Gasteiger partial charge in [-0.25, -0.2) is 0 Å². The second-order valence-corrected chi connectivity index (χ2v) is 7.01. The van der Waals surface area contributed by atoms with Crippen molar-refractivity contribution in [1.29, 1.82) is 5.26 Å². The molecular formula is C19H19N3O3S. The van der Waals surface area contributed by atoms with Crippen LogP contribution < -0.4 is 10.1 Å². The van der Waals surface area contributed by atoms with Crippen molar-refractivity contribution in [2.24, 2.45) is 0 Å². The maximum absolute atomic E-state index is 12.4. The fourth-order valence-electron chi connectivity index (χ4n) is 2.93. The number of amides is 2. The molecule has 3 rings (SSSR count). The van der Waals surface area contributed by atoms with Gasteiger partial charge in [-0.05, 0) is 41.6 Å². The molecule has 1 aromatic heterocycles. The second kappa shape index (κ2) is 8.02. The molecule has 2 aromatic rings. The number of benzene rings is 1. The standard InChI is InChI=1S/C19H19N3O3S/c1-25-16-3-2-13(11-20)10-15(16)21-18(23)4-5-19(24)22-8-6-17-14(12-22)7-9-26-17/h2-3,7,9-10H,4-6,8,12H2,1H3,(H,21,23). The van der Waals surface area contributed by atoms with Gasteiger partial charge in [-0.1, -0.05) is 0 Å². The number of fused-ring (bicyclic) bond motifs is 1.